The zero-order chi connectivity index (χ0) is 24.9. The van der Waals surface area contributed by atoms with E-state index in [0.29, 0.717) is 17.4 Å². The van der Waals surface area contributed by atoms with Gasteiger partial charge >= 0.3 is 198 Å². The van der Waals surface area contributed by atoms with Gasteiger partial charge in [0.05, 0.1) is 0 Å². The first-order valence-electron chi connectivity index (χ1n) is 11.3. The number of carbonyl (C=O) groups excluding carboxylic acids is 2. The zero-order valence-electron chi connectivity index (χ0n) is 20.0. The van der Waals surface area contributed by atoms with Gasteiger partial charge in [-0.05, 0) is 14.1 Å². The Morgan fingerprint density at radius 2 is 2.09 bits per heavy atom. The van der Waals surface area contributed by atoms with Gasteiger partial charge in [0.25, 0.3) is 0 Å². The molecule has 11 heteroatoms. The number of fused-ring (bicyclic) bond motifs is 1. The van der Waals surface area contributed by atoms with Gasteiger partial charge in [-0.2, -0.15) is 0 Å². The van der Waals surface area contributed by atoms with Crippen LogP contribution in [0.2, 0.25) is 5.02 Å². The molecule has 9 nitrogen and oxygen atoms in total. The van der Waals surface area contributed by atoms with Crippen LogP contribution >= 0.6 is 11.6 Å². The molecular formula is C24H28AsClN7O2. The maximum absolute atomic E-state index is 12.8. The van der Waals surface area contributed by atoms with Crippen molar-refractivity contribution < 1.29 is 9.59 Å². The van der Waals surface area contributed by atoms with Crippen LogP contribution in [-0.2, 0) is 17.8 Å². The van der Waals surface area contributed by atoms with E-state index in [9.17, 15) is 9.59 Å². The van der Waals surface area contributed by atoms with Crippen molar-refractivity contribution in [2.75, 3.05) is 46.1 Å². The summed E-state index contributed by atoms with van der Waals surface area (Å²) in [7, 11) is 5.76. The normalized spacial score (nSPS) is 13.5. The molecule has 0 unspecified atom stereocenters. The van der Waals surface area contributed by atoms with Crippen molar-refractivity contribution >= 4 is 59.4 Å². The molecule has 0 bridgehead atoms. The Balaban J connectivity index is 1.44. The van der Waals surface area contributed by atoms with Crippen LogP contribution in [-0.4, -0.2) is 92.9 Å². The quantitative estimate of drug-likeness (QED) is 0.376. The molecule has 1 aromatic carbocycles. The van der Waals surface area contributed by atoms with Crippen LogP contribution in [0.15, 0.2) is 42.9 Å². The van der Waals surface area contributed by atoms with E-state index >= 15 is 0 Å². The summed E-state index contributed by atoms with van der Waals surface area (Å²) >= 11 is 5.97. The number of hydrogen-bond donors (Lipinski definition) is 2. The first-order chi connectivity index (χ1) is 16.8. The number of carbonyl (C=O) groups is 2. The SMILES string of the molecule is CN(C)CCNC(=O)Cn1cc(Nc2cc([As]c3cccc4c3C(=O)N(C)CC4)c(Cl)cn2)cn1. The predicted octanol–water partition coefficient (Wildman–Crippen LogP) is 0.636. The van der Waals surface area contributed by atoms with Crippen LogP contribution in [0.5, 0.6) is 0 Å². The van der Waals surface area contributed by atoms with Gasteiger partial charge in [-0.15, -0.1) is 0 Å². The molecule has 35 heavy (non-hydrogen) atoms. The van der Waals surface area contributed by atoms with Crippen molar-refractivity contribution in [2.24, 2.45) is 0 Å². The fourth-order valence-electron chi connectivity index (χ4n) is 3.71. The standard InChI is InChI=1S/C24H28AsClN7O2/c1-31(2)10-8-27-22(34)15-33-14-17(12-29-33)30-21-11-19(20(26)13-28-21)25-18-6-4-5-16-7-9-32(3)24(35)23(16)18/h4-6,11-14H,7-10,15H2,1-3H3,(H,27,34)(H,28,30). The Morgan fingerprint density at radius 1 is 1.26 bits per heavy atom. The van der Waals surface area contributed by atoms with Gasteiger partial charge in [0.15, 0.2) is 0 Å². The van der Waals surface area contributed by atoms with E-state index in [2.05, 4.69) is 20.7 Å². The molecule has 3 aromatic rings. The van der Waals surface area contributed by atoms with Crippen molar-refractivity contribution in [3.05, 3.63) is 59.0 Å². The van der Waals surface area contributed by atoms with Crippen LogP contribution in [0.25, 0.3) is 0 Å². The van der Waals surface area contributed by atoms with Crippen LogP contribution in [0.3, 0.4) is 0 Å². The number of likely N-dealkylation sites (N-methyl/N-ethyl adjacent to an activating group) is 2. The summed E-state index contributed by atoms with van der Waals surface area (Å²) in [6.45, 7) is 2.24. The van der Waals surface area contributed by atoms with Gasteiger partial charge in [-0.25, -0.2) is 0 Å². The molecule has 183 valence electrons. The van der Waals surface area contributed by atoms with Gasteiger partial charge in [0.2, 0.25) is 0 Å². The number of benzene rings is 1. The number of anilines is 2. The minimum absolute atomic E-state index is 0.0684. The molecule has 2 aromatic heterocycles. The summed E-state index contributed by atoms with van der Waals surface area (Å²) in [5.74, 6) is 0.602. The molecule has 1 aliphatic rings. The second kappa shape index (κ2) is 11.2. The van der Waals surface area contributed by atoms with E-state index in [-0.39, 0.29) is 18.4 Å². The van der Waals surface area contributed by atoms with Gasteiger partial charge in [0, 0.05) is 0 Å². The molecule has 2 N–H and O–H groups in total. The number of rotatable bonds is 9. The predicted molar refractivity (Wildman–Crippen MR) is 138 cm³/mol. The van der Waals surface area contributed by atoms with E-state index in [1.165, 1.54) is 0 Å². The summed E-state index contributed by atoms with van der Waals surface area (Å²) in [5, 5.41) is 10.9. The molecule has 2 amide bonds. The molecule has 0 spiro atoms. The molecule has 0 aliphatic carbocycles. The maximum atomic E-state index is 12.8. The van der Waals surface area contributed by atoms with Crippen molar-refractivity contribution in [1.82, 2.24) is 29.9 Å². The Labute approximate surface area is 216 Å². The number of halogens is 1. The van der Waals surface area contributed by atoms with Gasteiger partial charge < -0.3 is 4.90 Å². The second-order valence-corrected chi connectivity index (χ2v) is 11.5. The van der Waals surface area contributed by atoms with Crippen LogP contribution in [0.1, 0.15) is 15.9 Å². The first-order valence-corrected chi connectivity index (χ1v) is 13.5. The van der Waals surface area contributed by atoms with Crippen molar-refractivity contribution in [3.63, 3.8) is 0 Å². The summed E-state index contributed by atoms with van der Waals surface area (Å²) in [6, 6.07) is 7.99. The monoisotopic (exact) mass is 556 g/mol. The molecule has 0 saturated carbocycles. The molecule has 1 aliphatic heterocycles. The minimum atomic E-state index is -0.524. The molecule has 0 saturated heterocycles. The Bertz CT molecular complexity index is 1230. The number of nitrogens with one attached hydrogen (secondary N) is 2. The average Bonchev–Trinajstić information content (AvgIpc) is 3.25. The third-order valence-electron chi connectivity index (χ3n) is 5.57. The second-order valence-electron chi connectivity index (χ2n) is 8.63. The van der Waals surface area contributed by atoms with Gasteiger partial charge in [-0.1, -0.05) is 0 Å². The summed E-state index contributed by atoms with van der Waals surface area (Å²) in [4.78, 5) is 33.1. The van der Waals surface area contributed by atoms with Gasteiger partial charge in [0.1, 0.15) is 0 Å². The number of pyridine rings is 1. The molecular weight excluding hydrogens is 529 g/mol. The zero-order valence-corrected chi connectivity index (χ0v) is 22.6. The van der Waals surface area contributed by atoms with E-state index in [4.69, 9.17) is 11.6 Å². The first kappa shape index (κ1) is 25.2. The Kier molecular flexibility index (Phi) is 8.11. The van der Waals surface area contributed by atoms with Crippen LogP contribution in [0.4, 0.5) is 11.5 Å². The van der Waals surface area contributed by atoms with Gasteiger partial charge in [-0.3, -0.25) is 0 Å². The third kappa shape index (κ3) is 6.42. The summed E-state index contributed by atoms with van der Waals surface area (Å²) in [5.41, 5.74) is 2.63. The average molecular weight is 557 g/mol. The van der Waals surface area contributed by atoms with E-state index < -0.39 is 15.8 Å². The third-order valence-corrected chi connectivity index (χ3v) is 8.73. The summed E-state index contributed by atoms with van der Waals surface area (Å²) in [6.07, 6.45) is 5.90. The number of amides is 2. The number of aromatic nitrogens is 3. The molecule has 4 rings (SSSR count). The Morgan fingerprint density at radius 3 is 2.89 bits per heavy atom. The fourth-order valence-corrected chi connectivity index (χ4v) is 6.39. The molecule has 3 heterocycles. The van der Waals surface area contributed by atoms with Crippen LogP contribution < -0.4 is 19.3 Å². The van der Waals surface area contributed by atoms with Crippen LogP contribution in [0, 0.1) is 0 Å². The van der Waals surface area contributed by atoms with Crippen molar-refractivity contribution in [2.45, 2.75) is 13.0 Å². The molecule has 0 fully saturated rings. The molecule has 0 atom stereocenters. The van der Waals surface area contributed by atoms with Crippen molar-refractivity contribution in [3.8, 4) is 0 Å². The topological polar surface area (TPSA) is 95.4 Å². The molecule has 1 radical (unpaired) electrons. The fraction of sp³-hybridized carbons (Fsp3) is 0.333. The van der Waals surface area contributed by atoms with E-state index in [0.717, 1.165) is 45.0 Å². The summed E-state index contributed by atoms with van der Waals surface area (Å²) < 4.78 is 3.58. The number of hydrogen-bond acceptors (Lipinski definition) is 6. The Hall–Kier alpha value is -2.87. The van der Waals surface area contributed by atoms with Crippen molar-refractivity contribution in [1.29, 1.82) is 0 Å². The number of nitrogens with zero attached hydrogens (tertiary/aromatic N) is 5. The van der Waals surface area contributed by atoms with E-state index in [1.807, 2.05) is 50.3 Å². The van der Waals surface area contributed by atoms with E-state index in [1.54, 1.807) is 28.2 Å².